The molecule has 2 rings (SSSR count). The lowest BCUT2D eigenvalue weighted by atomic mass is 9.87. The maximum absolute atomic E-state index is 10.8. The fraction of sp³-hybridized carbons (Fsp3) is 0.320. The Labute approximate surface area is 179 Å². The van der Waals surface area contributed by atoms with Crippen LogP contribution in [0.2, 0.25) is 0 Å². The first kappa shape index (κ1) is 23.2. The molecular weight excluding hydrogens is 380 g/mol. The third-order valence-electron chi connectivity index (χ3n) is 4.79. The fourth-order valence-corrected chi connectivity index (χ4v) is 3.03. The average Bonchev–Trinajstić information content (AvgIpc) is 2.79. The molecule has 30 heavy (non-hydrogen) atoms. The molecule has 0 aromatic carbocycles. The summed E-state index contributed by atoms with van der Waals surface area (Å²) in [7, 11) is 1.72. The van der Waals surface area contributed by atoms with Crippen LogP contribution in [0, 0.1) is 0 Å². The van der Waals surface area contributed by atoms with Crippen LogP contribution in [0.4, 0.5) is 0 Å². The highest BCUT2D eigenvalue weighted by atomic mass is 17.2. The molecule has 0 bridgehead atoms. The molecule has 5 nitrogen and oxygen atoms in total. The molecular formula is C25H30O5. The van der Waals surface area contributed by atoms with Gasteiger partial charge in [-0.25, -0.2) is 4.79 Å². The first-order valence-electron chi connectivity index (χ1n) is 10.0. The molecule has 0 heterocycles. The van der Waals surface area contributed by atoms with Gasteiger partial charge in [0, 0.05) is 18.9 Å². The van der Waals surface area contributed by atoms with Crippen LogP contribution in [0.3, 0.4) is 0 Å². The molecule has 0 saturated heterocycles. The molecule has 0 unspecified atom stereocenters. The summed E-state index contributed by atoms with van der Waals surface area (Å²) in [6.45, 7) is 12.0. The summed E-state index contributed by atoms with van der Waals surface area (Å²) in [5.74, 6) is 0.962. The van der Waals surface area contributed by atoms with Gasteiger partial charge in [-0.2, -0.15) is 4.89 Å². The molecule has 0 saturated carbocycles. The molecule has 0 aromatic rings. The summed E-state index contributed by atoms with van der Waals surface area (Å²) in [6, 6.07) is 0. The van der Waals surface area contributed by atoms with Crippen molar-refractivity contribution in [2.75, 3.05) is 20.3 Å². The van der Waals surface area contributed by atoms with E-state index in [1.807, 2.05) is 12.2 Å². The van der Waals surface area contributed by atoms with Crippen molar-refractivity contribution in [1.82, 2.24) is 0 Å². The minimum atomic E-state index is -0.617. The summed E-state index contributed by atoms with van der Waals surface area (Å²) in [4.78, 5) is 19.9. The quantitative estimate of drug-likeness (QED) is 0.105. The molecule has 160 valence electrons. The fourth-order valence-electron chi connectivity index (χ4n) is 3.03. The number of ether oxygens (including phenoxy) is 2. The summed E-state index contributed by atoms with van der Waals surface area (Å²) in [5.41, 5.74) is 4.94. The molecule has 0 atom stereocenters. The van der Waals surface area contributed by atoms with Crippen molar-refractivity contribution < 1.29 is 24.0 Å². The van der Waals surface area contributed by atoms with Gasteiger partial charge in [-0.15, -0.1) is 0 Å². The van der Waals surface area contributed by atoms with Gasteiger partial charge < -0.3 is 9.47 Å². The zero-order valence-corrected chi connectivity index (χ0v) is 17.7. The molecule has 2 aliphatic rings. The van der Waals surface area contributed by atoms with E-state index in [0.29, 0.717) is 18.8 Å². The minimum Gasteiger partial charge on any atom is -0.501 e. The largest absolute Gasteiger partial charge is 0.501 e. The maximum atomic E-state index is 10.8. The highest BCUT2D eigenvalue weighted by Gasteiger charge is 2.14. The van der Waals surface area contributed by atoms with Crippen LogP contribution in [0.1, 0.15) is 32.1 Å². The van der Waals surface area contributed by atoms with E-state index in [1.165, 1.54) is 16.7 Å². The molecule has 0 spiro atoms. The molecule has 5 heteroatoms. The van der Waals surface area contributed by atoms with Crippen molar-refractivity contribution in [3.8, 4) is 0 Å². The van der Waals surface area contributed by atoms with E-state index in [9.17, 15) is 4.79 Å². The Morgan fingerprint density at radius 3 is 2.33 bits per heavy atom. The lowest BCUT2D eigenvalue weighted by Crippen LogP contribution is -2.05. The van der Waals surface area contributed by atoms with E-state index in [2.05, 4.69) is 48.9 Å². The number of hydrogen-bond donors (Lipinski definition) is 0. The Kier molecular flexibility index (Phi) is 9.68. The molecule has 0 aromatic heterocycles. The van der Waals surface area contributed by atoms with Crippen molar-refractivity contribution in [1.29, 1.82) is 0 Å². The Morgan fingerprint density at radius 1 is 1.00 bits per heavy atom. The number of allylic oxidation sites excluding steroid dienone is 11. The summed E-state index contributed by atoms with van der Waals surface area (Å²) in [5, 5.41) is 0. The Bertz CT molecular complexity index is 820. The van der Waals surface area contributed by atoms with Gasteiger partial charge in [-0.3, -0.25) is 4.89 Å². The second-order valence-electron chi connectivity index (χ2n) is 6.87. The van der Waals surface area contributed by atoms with Crippen LogP contribution in [-0.2, 0) is 24.0 Å². The molecule has 0 fully saturated rings. The smallest absolute Gasteiger partial charge is 0.365 e. The second-order valence-corrected chi connectivity index (χ2v) is 6.87. The SMILES string of the molecule is C=CC(=O)OOCCCOC(=C)/C=C\C(=C)C1=CC=C(C2=CC=C(OC)CC2)CC1. The summed E-state index contributed by atoms with van der Waals surface area (Å²) < 4.78 is 10.8. The average molecular weight is 411 g/mol. The highest BCUT2D eigenvalue weighted by molar-refractivity contribution is 5.80. The summed E-state index contributed by atoms with van der Waals surface area (Å²) in [6.07, 6.45) is 17.8. The van der Waals surface area contributed by atoms with Crippen LogP contribution in [0.15, 0.2) is 96.1 Å². The standard InChI is InChI=1S/C25H30O5/c1-5-25(26)30-29-18-6-17-28-20(3)8-7-19(2)21-9-11-22(12-10-21)23-13-15-24(27-4)16-14-23/h5,7-9,11,13,15H,1-3,6,10,12,14,16-18H2,4H3/b8-7-. The van der Waals surface area contributed by atoms with E-state index in [1.54, 1.807) is 7.11 Å². The normalized spacial score (nSPS) is 16.0. The molecule has 0 radical (unpaired) electrons. The monoisotopic (exact) mass is 410 g/mol. The number of carbonyl (C=O) groups excluding carboxylic acids is 1. The van der Waals surface area contributed by atoms with Gasteiger partial charge in [-0.05, 0) is 53.7 Å². The van der Waals surface area contributed by atoms with Gasteiger partial charge in [0.1, 0.15) is 5.76 Å². The van der Waals surface area contributed by atoms with Crippen molar-refractivity contribution in [3.63, 3.8) is 0 Å². The zero-order valence-electron chi connectivity index (χ0n) is 17.7. The number of hydrogen-bond acceptors (Lipinski definition) is 5. The summed E-state index contributed by atoms with van der Waals surface area (Å²) >= 11 is 0. The van der Waals surface area contributed by atoms with Gasteiger partial charge in [-0.1, -0.05) is 44.0 Å². The van der Waals surface area contributed by atoms with Crippen molar-refractivity contribution in [2.24, 2.45) is 0 Å². The van der Waals surface area contributed by atoms with Gasteiger partial charge in [0.25, 0.3) is 0 Å². The predicted molar refractivity (Wildman–Crippen MR) is 118 cm³/mol. The Balaban J connectivity index is 1.74. The van der Waals surface area contributed by atoms with Crippen LogP contribution in [-0.4, -0.2) is 26.3 Å². The van der Waals surface area contributed by atoms with E-state index in [4.69, 9.17) is 14.4 Å². The lowest BCUT2D eigenvalue weighted by Gasteiger charge is -2.20. The first-order valence-corrected chi connectivity index (χ1v) is 10.0. The highest BCUT2D eigenvalue weighted by Crippen LogP contribution is 2.32. The number of rotatable bonds is 12. The zero-order chi connectivity index (χ0) is 21.8. The second kappa shape index (κ2) is 12.5. The van der Waals surface area contributed by atoms with E-state index in [-0.39, 0.29) is 6.61 Å². The number of methoxy groups -OCH3 is 1. The minimum absolute atomic E-state index is 0.240. The van der Waals surface area contributed by atoms with Crippen LogP contribution >= 0.6 is 0 Å². The predicted octanol–water partition coefficient (Wildman–Crippen LogP) is 5.58. The van der Waals surface area contributed by atoms with Crippen LogP contribution < -0.4 is 0 Å². The number of carbonyl (C=O) groups is 1. The topological polar surface area (TPSA) is 54.0 Å². The Hall–Kier alpha value is -3.05. The van der Waals surface area contributed by atoms with Gasteiger partial charge in [0.2, 0.25) is 0 Å². The van der Waals surface area contributed by atoms with Crippen LogP contribution in [0.5, 0.6) is 0 Å². The van der Waals surface area contributed by atoms with E-state index < -0.39 is 5.97 Å². The first-order chi connectivity index (χ1) is 14.5. The molecule has 0 amide bonds. The van der Waals surface area contributed by atoms with Crippen LogP contribution in [0.25, 0.3) is 0 Å². The van der Waals surface area contributed by atoms with Crippen molar-refractivity contribution in [2.45, 2.75) is 32.1 Å². The molecule has 0 N–H and O–H groups in total. The lowest BCUT2D eigenvalue weighted by molar-refractivity contribution is -0.268. The van der Waals surface area contributed by atoms with Gasteiger partial charge in [0.05, 0.1) is 26.1 Å². The van der Waals surface area contributed by atoms with Crippen molar-refractivity contribution >= 4 is 5.97 Å². The molecule has 2 aliphatic carbocycles. The van der Waals surface area contributed by atoms with Gasteiger partial charge >= 0.3 is 5.97 Å². The van der Waals surface area contributed by atoms with E-state index >= 15 is 0 Å². The molecule has 0 aliphatic heterocycles. The third kappa shape index (κ3) is 7.76. The third-order valence-corrected chi connectivity index (χ3v) is 4.79. The van der Waals surface area contributed by atoms with Crippen molar-refractivity contribution in [3.05, 3.63) is 96.1 Å². The van der Waals surface area contributed by atoms with E-state index in [0.717, 1.165) is 43.1 Å². The van der Waals surface area contributed by atoms with Gasteiger partial charge in [0.15, 0.2) is 0 Å². The Morgan fingerprint density at radius 2 is 1.73 bits per heavy atom. The maximum Gasteiger partial charge on any atom is 0.365 e.